The molecule has 4 aromatic rings. The number of hydrogen-bond donors (Lipinski definition) is 1. The van der Waals surface area contributed by atoms with Crippen molar-refractivity contribution in [2.45, 2.75) is 13.3 Å². The summed E-state index contributed by atoms with van der Waals surface area (Å²) in [6.07, 6.45) is 2.28. The van der Waals surface area contributed by atoms with Gasteiger partial charge in [-0.1, -0.05) is 19.1 Å². The third-order valence-electron chi connectivity index (χ3n) is 4.99. The third kappa shape index (κ3) is 2.85. The van der Waals surface area contributed by atoms with Crippen LogP contribution in [-0.2, 0) is 4.74 Å². The van der Waals surface area contributed by atoms with E-state index in [9.17, 15) is 4.79 Å². The van der Waals surface area contributed by atoms with Gasteiger partial charge in [-0.2, -0.15) is 5.10 Å². The normalized spacial score (nSPS) is 14.8. The van der Waals surface area contributed by atoms with Crippen molar-refractivity contribution in [3.63, 3.8) is 0 Å². The van der Waals surface area contributed by atoms with Crippen LogP contribution in [0.25, 0.3) is 32.5 Å². The van der Waals surface area contributed by atoms with Crippen LogP contribution in [0.5, 0.6) is 0 Å². The lowest BCUT2D eigenvalue weighted by atomic mass is 10.1. The van der Waals surface area contributed by atoms with E-state index < -0.39 is 0 Å². The number of morpholine rings is 1. The lowest BCUT2D eigenvalue weighted by molar-refractivity contribution is 0.0992. The number of benzene rings is 1. The summed E-state index contributed by atoms with van der Waals surface area (Å²) < 4.78 is 6.47. The zero-order valence-electron chi connectivity index (χ0n) is 15.4. The second-order valence-electron chi connectivity index (χ2n) is 6.71. The molecule has 0 bridgehead atoms. The summed E-state index contributed by atoms with van der Waals surface area (Å²) in [4.78, 5) is 25.0. The van der Waals surface area contributed by atoms with Gasteiger partial charge in [-0.25, -0.2) is 9.97 Å². The van der Waals surface area contributed by atoms with Crippen LogP contribution in [0.2, 0.25) is 0 Å². The highest BCUT2D eigenvalue weighted by Gasteiger charge is 2.22. The number of carbonyl (C=O) groups is 1. The Morgan fingerprint density at radius 2 is 2.14 bits per heavy atom. The smallest absolute Gasteiger partial charge is 0.172 e. The fraction of sp³-hybridized carbons (Fsp3) is 0.300. The first-order valence-corrected chi connectivity index (χ1v) is 10.2. The Balaban J connectivity index is 1.73. The van der Waals surface area contributed by atoms with E-state index in [4.69, 9.17) is 14.7 Å². The predicted molar refractivity (Wildman–Crippen MR) is 110 cm³/mol. The number of rotatable bonds is 4. The van der Waals surface area contributed by atoms with E-state index >= 15 is 0 Å². The van der Waals surface area contributed by atoms with Crippen LogP contribution in [0.15, 0.2) is 30.5 Å². The van der Waals surface area contributed by atoms with Gasteiger partial charge in [-0.3, -0.25) is 9.89 Å². The molecule has 0 atom stereocenters. The number of fused-ring (bicyclic) bond motifs is 2. The summed E-state index contributed by atoms with van der Waals surface area (Å²) in [5.41, 5.74) is 2.69. The van der Waals surface area contributed by atoms with Gasteiger partial charge < -0.3 is 9.64 Å². The van der Waals surface area contributed by atoms with Crippen LogP contribution >= 0.6 is 11.3 Å². The van der Waals surface area contributed by atoms with Gasteiger partial charge in [-0.05, 0) is 12.1 Å². The number of ketones is 1. The molecule has 0 aliphatic carbocycles. The molecule has 1 saturated heterocycles. The molecule has 7 nitrogen and oxygen atoms in total. The maximum Gasteiger partial charge on any atom is 0.172 e. The van der Waals surface area contributed by atoms with Crippen LogP contribution < -0.4 is 4.90 Å². The number of nitrogens with zero attached hydrogens (tertiary/aromatic N) is 4. The average molecular weight is 393 g/mol. The number of ether oxygens (including phenoxy) is 1. The van der Waals surface area contributed by atoms with Gasteiger partial charge in [0.2, 0.25) is 0 Å². The summed E-state index contributed by atoms with van der Waals surface area (Å²) in [6.45, 7) is 4.77. The maximum absolute atomic E-state index is 12.3. The number of hydrogen-bond acceptors (Lipinski definition) is 7. The van der Waals surface area contributed by atoms with E-state index in [2.05, 4.69) is 15.1 Å². The molecule has 28 heavy (non-hydrogen) atoms. The van der Waals surface area contributed by atoms with Crippen LogP contribution in [-0.4, -0.2) is 52.3 Å². The van der Waals surface area contributed by atoms with E-state index in [1.807, 2.05) is 31.2 Å². The monoisotopic (exact) mass is 393 g/mol. The summed E-state index contributed by atoms with van der Waals surface area (Å²) >= 11 is 1.48. The van der Waals surface area contributed by atoms with Crippen molar-refractivity contribution in [3.8, 4) is 11.4 Å². The number of anilines is 1. The molecule has 142 valence electrons. The van der Waals surface area contributed by atoms with Gasteiger partial charge in [0, 0.05) is 30.5 Å². The predicted octanol–water partition coefficient (Wildman–Crippen LogP) is 3.66. The van der Waals surface area contributed by atoms with Gasteiger partial charge in [-0.15, -0.1) is 11.3 Å². The van der Waals surface area contributed by atoms with Gasteiger partial charge in [0.25, 0.3) is 0 Å². The molecule has 0 radical (unpaired) electrons. The Morgan fingerprint density at radius 3 is 2.96 bits per heavy atom. The quantitative estimate of drug-likeness (QED) is 0.533. The highest BCUT2D eigenvalue weighted by Crippen LogP contribution is 2.36. The second-order valence-corrected chi connectivity index (χ2v) is 7.76. The van der Waals surface area contributed by atoms with Crippen LogP contribution in [0.3, 0.4) is 0 Å². The largest absolute Gasteiger partial charge is 0.378 e. The van der Waals surface area contributed by atoms with Gasteiger partial charge >= 0.3 is 0 Å². The Morgan fingerprint density at radius 1 is 1.29 bits per heavy atom. The summed E-state index contributed by atoms with van der Waals surface area (Å²) in [7, 11) is 0. The van der Waals surface area contributed by atoms with Crippen LogP contribution in [0, 0.1) is 0 Å². The standard InChI is InChI=1S/C20H19N5O2S/c1-2-16(26)17-10-15-18(28-17)20(25-6-8-27-9-7-25)23-19(22-15)12-4-3-5-14-13(12)11-21-24-14/h3-5,10-11H,2,6-9H2,1H3,(H,21,24). The Kier molecular flexibility index (Phi) is 4.29. The molecule has 1 aliphatic rings. The lowest BCUT2D eigenvalue weighted by Gasteiger charge is -2.28. The number of aromatic nitrogens is 4. The Bertz CT molecular complexity index is 1180. The molecule has 1 aliphatic heterocycles. The highest BCUT2D eigenvalue weighted by atomic mass is 32.1. The molecule has 0 saturated carbocycles. The van der Waals surface area contributed by atoms with E-state index in [0.717, 1.165) is 50.5 Å². The number of aromatic amines is 1. The number of nitrogens with one attached hydrogen (secondary N) is 1. The minimum Gasteiger partial charge on any atom is -0.378 e. The molecule has 1 aromatic carbocycles. The molecule has 0 unspecified atom stereocenters. The zero-order chi connectivity index (χ0) is 19.1. The molecule has 3 aromatic heterocycles. The van der Waals surface area contributed by atoms with E-state index in [1.165, 1.54) is 11.3 Å². The summed E-state index contributed by atoms with van der Waals surface area (Å²) in [5.74, 6) is 1.66. The van der Waals surface area contributed by atoms with Gasteiger partial charge in [0.15, 0.2) is 17.4 Å². The number of Topliss-reactive ketones (excluding diaryl/α,β-unsaturated/α-hetero) is 1. The van der Waals surface area contributed by atoms with Crippen molar-refractivity contribution in [1.29, 1.82) is 0 Å². The van der Waals surface area contributed by atoms with Crippen molar-refractivity contribution >= 4 is 44.1 Å². The number of thiophene rings is 1. The molecule has 1 N–H and O–H groups in total. The van der Waals surface area contributed by atoms with Crippen LogP contribution in [0.4, 0.5) is 5.82 Å². The first-order chi connectivity index (χ1) is 13.7. The van der Waals surface area contributed by atoms with Gasteiger partial charge in [0.05, 0.1) is 40.0 Å². The van der Waals surface area contributed by atoms with Crippen LogP contribution in [0.1, 0.15) is 23.0 Å². The number of H-pyrrole nitrogens is 1. The maximum atomic E-state index is 12.3. The second kappa shape index (κ2) is 6.96. The summed E-state index contributed by atoms with van der Waals surface area (Å²) in [5, 5.41) is 8.13. The van der Waals surface area contributed by atoms with E-state index in [1.54, 1.807) is 6.20 Å². The molecular formula is C20H19N5O2S. The SMILES string of the molecule is CCC(=O)c1cc2nc(-c3cccc4[nH]ncc34)nc(N3CCOCC3)c2s1. The van der Waals surface area contributed by atoms with Crippen molar-refractivity contribution < 1.29 is 9.53 Å². The van der Waals surface area contributed by atoms with Gasteiger partial charge in [0.1, 0.15) is 0 Å². The molecule has 1 fully saturated rings. The van der Waals surface area contributed by atoms with Crippen molar-refractivity contribution in [2.24, 2.45) is 0 Å². The topological polar surface area (TPSA) is 84.0 Å². The molecule has 8 heteroatoms. The van der Waals surface area contributed by atoms with Crippen molar-refractivity contribution in [3.05, 3.63) is 35.3 Å². The van der Waals surface area contributed by atoms with Crippen molar-refractivity contribution in [1.82, 2.24) is 20.2 Å². The molecule has 0 amide bonds. The minimum absolute atomic E-state index is 0.134. The first-order valence-electron chi connectivity index (χ1n) is 9.34. The zero-order valence-corrected chi connectivity index (χ0v) is 16.3. The minimum atomic E-state index is 0.134. The first kappa shape index (κ1) is 17.3. The molecule has 4 heterocycles. The highest BCUT2D eigenvalue weighted by molar-refractivity contribution is 7.21. The molecule has 0 spiro atoms. The molecule has 5 rings (SSSR count). The Hall–Kier alpha value is -2.84. The van der Waals surface area contributed by atoms with E-state index in [0.29, 0.717) is 25.5 Å². The third-order valence-corrected chi connectivity index (χ3v) is 6.15. The Labute approximate surface area is 165 Å². The number of carbonyl (C=O) groups excluding carboxylic acids is 1. The fourth-order valence-corrected chi connectivity index (χ4v) is 4.62. The van der Waals surface area contributed by atoms with E-state index in [-0.39, 0.29) is 5.78 Å². The fourth-order valence-electron chi connectivity index (χ4n) is 3.50. The molecular weight excluding hydrogens is 374 g/mol. The average Bonchev–Trinajstić information content (AvgIpc) is 3.39. The lowest BCUT2D eigenvalue weighted by Crippen LogP contribution is -2.36. The van der Waals surface area contributed by atoms with Crippen molar-refractivity contribution in [2.75, 3.05) is 31.2 Å². The summed E-state index contributed by atoms with van der Waals surface area (Å²) in [6, 6.07) is 7.86.